The minimum Gasteiger partial charge on any atom is -0.495 e. The third kappa shape index (κ3) is 3.90. The number of nitrogens with zero attached hydrogens (tertiary/aromatic N) is 1. The van der Waals surface area contributed by atoms with Crippen LogP contribution in [0.1, 0.15) is 73.1 Å². The van der Waals surface area contributed by atoms with Crippen molar-refractivity contribution in [2.75, 3.05) is 7.11 Å². The number of methoxy groups -OCH3 is 1. The van der Waals surface area contributed by atoms with Gasteiger partial charge in [0.25, 0.3) is 5.56 Å². The number of benzene rings is 2. The van der Waals surface area contributed by atoms with Crippen LogP contribution >= 0.6 is 11.6 Å². The zero-order chi connectivity index (χ0) is 24.6. The molecule has 0 bridgehead atoms. The fourth-order valence-corrected chi connectivity index (χ4v) is 5.84. The van der Waals surface area contributed by atoms with Gasteiger partial charge in [-0.05, 0) is 49.1 Å². The maximum atomic E-state index is 14.5. The Balaban J connectivity index is 1.74. The first-order chi connectivity index (χ1) is 17.0. The molecule has 0 aliphatic heterocycles. The lowest BCUT2D eigenvalue weighted by molar-refractivity contribution is 0.0905. The van der Waals surface area contributed by atoms with E-state index in [1.54, 1.807) is 28.9 Å². The van der Waals surface area contributed by atoms with E-state index in [2.05, 4.69) is 10.1 Å². The molecule has 2 N–H and O–H groups in total. The van der Waals surface area contributed by atoms with Crippen molar-refractivity contribution < 1.29 is 9.53 Å². The Morgan fingerprint density at radius 3 is 2.66 bits per heavy atom. The van der Waals surface area contributed by atoms with Crippen molar-refractivity contribution in [1.29, 1.82) is 0 Å². The van der Waals surface area contributed by atoms with Gasteiger partial charge in [-0.3, -0.25) is 14.7 Å². The lowest BCUT2D eigenvalue weighted by Crippen LogP contribution is -2.37. The third-order valence-corrected chi connectivity index (χ3v) is 7.84. The highest BCUT2D eigenvalue weighted by atomic mass is 35.5. The molecule has 1 saturated carbocycles. The summed E-state index contributed by atoms with van der Waals surface area (Å²) in [7, 11) is 1.53. The molecule has 2 heterocycles. The standard InChI is InChI=1S/C28H30ClN3O3/c1-3-28(21-17-30-23-12-8-7-11-20(21)23,27(34)18-13-14-22(29)24(15-18)35-2)25-16-26(33)32(31-25)19-9-5-4-6-10-19/h7-8,11-17,19,30-31H,3-6,9-10H2,1-2H3. The summed E-state index contributed by atoms with van der Waals surface area (Å²) in [5.41, 5.74) is 1.68. The van der Waals surface area contributed by atoms with Crippen molar-refractivity contribution in [3.05, 3.63) is 86.9 Å². The van der Waals surface area contributed by atoms with Crippen LogP contribution in [0.4, 0.5) is 0 Å². The number of aromatic amines is 2. The second-order valence-electron chi connectivity index (χ2n) is 9.36. The highest BCUT2D eigenvalue weighted by Crippen LogP contribution is 2.42. The molecule has 0 radical (unpaired) electrons. The summed E-state index contributed by atoms with van der Waals surface area (Å²) in [5, 5.41) is 4.79. The van der Waals surface area contributed by atoms with E-state index in [1.165, 1.54) is 13.5 Å². The van der Waals surface area contributed by atoms with Crippen molar-refractivity contribution >= 4 is 28.3 Å². The van der Waals surface area contributed by atoms with Gasteiger partial charge in [-0.2, -0.15) is 0 Å². The molecule has 1 fully saturated rings. The molecule has 6 nitrogen and oxygen atoms in total. The molecule has 1 atom stereocenters. The zero-order valence-electron chi connectivity index (χ0n) is 20.1. The van der Waals surface area contributed by atoms with E-state index in [9.17, 15) is 9.59 Å². The predicted molar refractivity (Wildman–Crippen MR) is 139 cm³/mol. The van der Waals surface area contributed by atoms with Gasteiger partial charge in [0.05, 0.1) is 23.9 Å². The molecular formula is C28H30ClN3O3. The van der Waals surface area contributed by atoms with Crippen LogP contribution in [0, 0.1) is 0 Å². The number of ketones is 1. The van der Waals surface area contributed by atoms with Gasteiger partial charge in [-0.15, -0.1) is 0 Å². The van der Waals surface area contributed by atoms with Crippen LogP contribution in [0.5, 0.6) is 5.75 Å². The van der Waals surface area contributed by atoms with Crippen LogP contribution in [-0.4, -0.2) is 27.7 Å². The summed E-state index contributed by atoms with van der Waals surface area (Å²) < 4.78 is 7.14. The minimum absolute atomic E-state index is 0.0916. The Morgan fingerprint density at radius 1 is 1.14 bits per heavy atom. The first-order valence-corrected chi connectivity index (χ1v) is 12.6. The third-order valence-electron chi connectivity index (χ3n) is 7.53. The number of aromatic nitrogens is 3. The molecule has 182 valence electrons. The van der Waals surface area contributed by atoms with E-state index in [1.807, 2.05) is 37.4 Å². The number of H-pyrrole nitrogens is 2. The molecule has 0 saturated heterocycles. The van der Waals surface area contributed by atoms with Crippen LogP contribution in [0.3, 0.4) is 0 Å². The van der Waals surface area contributed by atoms with Crippen LogP contribution in [0.2, 0.25) is 5.02 Å². The van der Waals surface area contributed by atoms with Gasteiger partial charge in [-0.25, -0.2) is 4.68 Å². The minimum atomic E-state index is -1.10. The van der Waals surface area contributed by atoms with Crippen LogP contribution in [-0.2, 0) is 5.41 Å². The molecule has 35 heavy (non-hydrogen) atoms. The SMILES string of the molecule is CCC(C(=O)c1ccc(Cl)c(OC)c1)(c1cc(=O)n(C2CCCCC2)[nH]1)c1c[nH]c2ccccc12. The average Bonchev–Trinajstić information content (AvgIpc) is 3.50. The van der Waals surface area contributed by atoms with Crippen LogP contribution in [0.15, 0.2) is 59.5 Å². The predicted octanol–water partition coefficient (Wildman–Crippen LogP) is 6.40. The second kappa shape index (κ2) is 9.42. The van der Waals surface area contributed by atoms with Gasteiger partial charge in [0, 0.05) is 28.7 Å². The number of halogens is 1. The van der Waals surface area contributed by atoms with Crippen molar-refractivity contribution in [1.82, 2.24) is 14.8 Å². The van der Waals surface area contributed by atoms with E-state index < -0.39 is 5.41 Å². The quantitative estimate of drug-likeness (QED) is 0.293. The molecule has 1 unspecified atom stereocenters. The van der Waals surface area contributed by atoms with Crippen LogP contribution in [0.25, 0.3) is 10.9 Å². The summed E-state index contributed by atoms with van der Waals surface area (Å²) in [4.78, 5) is 31.0. The average molecular weight is 492 g/mol. The van der Waals surface area contributed by atoms with Crippen LogP contribution < -0.4 is 10.3 Å². The highest BCUT2D eigenvalue weighted by Gasteiger charge is 2.44. The molecule has 4 aromatic rings. The number of hydrogen-bond donors (Lipinski definition) is 2. The van der Waals surface area contributed by atoms with Gasteiger partial charge < -0.3 is 9.72 Å². The first-order valence-electron chi connectivity index (χ1n) is 12.3. The van der Waals surface area contributed by atoms with Gasteiger partial charge in [0.1, 0.15) is 11.2 Å². The van der Waals surface area contributed by atoms with Crippen molar-refractivity contribution in [3.8, 4) is 5.75 Å². The Morgan fingerprint density at radius 2 is 1.91 bits per heavy atom. The molecule has 2 aromatic heterocycles. The van der Waals surface area contributed by atoms with E-state index in [0.717, 1.165) is 42.1 Å². The summed E-state index contributed by atoms with van der Waals surface area (Å²) in [5.74, 6) is 0.325. The lowest BCUT2D eigenvalue weighted by Gasteiger charge is -2.31. The Hall–Kier alpha value is -3.25. The van der Waals surface area contributed by atoms with Gasteiger partial charge in [-0.1, -0.05) is 56.0 Å². The zero-order valence-corrected chi connectivity index (χ0v) is 20.8. The second-order valence-corrected chi connectivity index (χ2v) is 9.76. The van der Waals surface area contributed by atoms with E-state index in [0.29, 0.717) is 28.5 Å². The molecule has 0 amide bonds. The first kappa shape index (κ1) is 23.5. The number of para-hydroxylation sites is 1. The Kier molecular flexibility index (Phi) is 6.32. The number of rotatable bonds is 7. The van der Waals surface area contributed by atoms with E-state index in [4.69, 9.17) is 16.3 Å². The number of carbonyl (C=O) groups excluding carboxylic acids is 1. The molecule has 7 heteroatoms. The van der Waals surface area contributed by atoms with E-state index >= 15 is 0 Å². The Labute approximate surface area is 209 Å². The molecule has 1 aliphatic carbocycles. The summed E-state index contributed by atoms with van der Waals surface area (Å²) >= 11 is 6.26. The number of nitrogens with one attached hydrogen (secondary N) is 2. The fraction of sp³-hybridized carbons (Fsp3) is 0.357. The van der Waals surface area contributed by atoms with Crippen molar-refractivity contribution in [3.63, 3.8) is 0 Å². The van der Waals surface area contributed by atoms with E-state index in [-0.39, 0.29) is 17.4 Å². The lowest BCUT2D eigenvalue weighted by atomic mass is 9.70. The number of carbonyl (C=O) groups is 1. The molecule has 2 aromatic carbocycles. The summed E-state index contributed by atoms with van der Waals surface area (Å²) in [6.45, 7) is 1.99. The number of fused-ring (bicyclic) bond motifs is 1. The number of hydrogen-bond acceptors (Lipinski definition) is 3. The summed E-state index contributed by atoms with van der Waals surface area (Å²) in [6.07, 6.45) is 7.71. The molecule has 1 aliphatic rings. The molecular weight excluding hydrogens is 462 g/mol. The molecule has 5 rings (SSSR count). The smallest absolute Gasteiger partial charge is 0.267 e. The number of ether oxygens (including phenoxy) is 1. The monoisotopic (exact) mass is 491 g/mol. The normalized spacial score (nSPS) is 16.3. The Bertz CT molecular complexity index is 1430. The maximum Gasteiger partial charge on any atom is 0.267 e. The van der Waals surface area contributed by atoms with Gasteiger partial charge >= 0.3 is 0 Å². The maximum absolute atomic E-state index is 14.5. The largest absolute Gasteiger partial charge is 0.495 e. The van der Waals surface area contributed by atoms with Crippen molar-refractivity contribution in [2.45, 2.75) is 56.9 Å². The topological polar surface area (TPSA) is 79.9 Å². The fourth-order valence-electron chi connectivity index (χ4n) is 5.64. The highest BCUT2D eigenvalue weighted by molar-refractivity contribution is 6.32. The van der Waals surface area contributed by atoms with Crippen molar-refractivity contribution in [2.24, 2.45) is 0 Å². The van der Waals surface area contributed by atoms with Gasteiger partial charge in [0.15, 0.2) is 5.78 Å². The number of Topliss-reactive ketones (excluding diaryl/α,β-unsaturated/α-hetero) is 1. The van der Waals surface area contributed by atoms with Gasteiger partial charge in [0.2, 0.25) is 0 Å². The summed E-state index contributed by atoms with van der Waals surface area (Å²) in [6, 6.07) is 14.8. The molecule has 0 spiro atoms.